The van der Waals surface area contributed by atoms with Gasteiger partial charge in [0.25, 0.3) is 0 Å². The molecular weight excluding hydrogens is 243 g/mol. The van der Waals surface area contributed by atoms with Crippen LogP contribution in [0.1, 0.15) is 11.3 Å². The Bertz CT molecular complexity index is 557. The summed E-state index contributed by atoms with van der Waals surface area (Å²) in [6.45, 7) is 0.453. The number of nitrogens with zero attached hydrogens (tertiary/aromatic N) is 2. The minimum Gasteiger partial charge on any atom is -0.340 e. The number of amides is 1. The molecule has 0 unspecified atom stereocenters. The summed E-state index contributed by atoms with van der Waals surface area (Å²) in [5.41, 5.74) is 1.51. The second-order valence-electron chi connectivity index (χ2n) is 4.38. The Morgan fingerprint density at radius 1 is 1.26 bits per heavy atom. The zero-order chi connectivity index (χ0) is 13.7. The Labute approximate surface area is 111 Å². The SMILES string of the molecule is CN(Cc1ccccn1)C(=O)Cc1cccc(F)c1. The van der Waals surface area contributed by atoms with Crippen molar-refractivity contribution in [3.63, 3.8) is 0 Å². The summed E-state index contributed by atoms with van der Waals surface area (Å²) in [6.07, 6.45) is 1.89. The Morgan fingerprint density at radius 2 is 2.11 bits per heavy atom. The average Bonchev–Trinajstić information content (AvgIpc) is 2.40. The summed E-state index contributed by atoms with van der Waals surface area (Å²) in [5.74, 6) is -0.381. The van der Waals surface area contributed by atoms with Crippen molar-refractivity contribution in [1.82, 2.24) is 9.88 Å². The number of rotatable bonds is 4. The number of hydrogen-bond donors (Lipinski definition) is 0. The lowest BCUT2D eigenvalue weighted by molar-refractivity contribution is -0.129. The van der Waals surface area contributed by atoms with Gasteiger partial charge in [-0.25, -0.2) is 4.39 Å². The first-order valence-corrected chi connectivity index (χ1v) is 6.03. The number of hydrogen-bond acceptors (Lipinski definition) is 2. The van der Waals surface area contributed by atoms with Crippen molar-refractivity contribution in [3.8, 4) is 0 Å². The molecule has 0 aliphatic heterocycles. The summed E-state index contributed by atoms with van der Waals surface area (Å²) in [4.78, 5) is 17.8. The van der Waals surface area contributed by atoms with E-state index in [0.29, 0.717) is 12.1 Å². The Kier molecular flexibility index (Phi) is 4.23. The summed E-state index contributed by atoms with van der Waals surface area (Å²) in [5, 5.41) is 0. The van der Waals surface area contributed by atoms with Crippen LogP contribution in [-0.2, 0) is 17.8 Å². The lowest BCUT2D eigenvalue weighted by Crippen LogP contribution is -2.28. The summed E-state index contributed by atoms with van der Waals surface area (Å²) >= 11 is 0. The molecule has 0 saturated carbocycles. The molecule has 0 bridgehead atoms. The number of benzene rings is 1. The molecule has 1 aromatic carbocycles. The maximum atomic E-state index is 13.0. The first-order valence-electron chi connectivity index (χ1n) is 6.03. The van der Waals surface area contributed by atoms with Crippen LogP contribution in [0.25, 0.3) is 0 Å². The van der Waals surface area contributed by atoms with E-state index in [1.54, 1.807) is 30.3 Å². The summed E-state index contributed by atoms with van der Waals surface area (Å²) in [6, 6.07) is 11.7. The van der Waals surface area contributed by atoms with Crippen LogP contribution in [0.3, 0.4) is 0 Å². The van der Waals surface area contributed by atoms with Crippen LogP contribution in [0.15, 0.2) is 48.7 Å². The quantitative estimate of drug-likeness (QED) is 0.843. The van der Waals surface area contributed by atoms with Gasteiger partial charge in [-0.15, -0.1) is 0 Å². The van der Waals surface area contributed by atoms with Crippen LogP contribution in [0.5, 0.6) is 0 Å². The maximum Gasteiger partial charge on any atom is 0.227 e. The van der Waals surface area contributed by atoms with Crippen LogP contribution in [-0.4, -0.2) is 22.8 Å². The lowest BCUT2D eigenvalue weighted by Gasteiger charge is -2.16. The van der Waals surface area contributed by atoms with E-state index in [9.17, 15) is 9.18 Å². The van der Waals surface area contributed by atoms with Gasteiger partial charge in [0.05, 0.1) is 18.7 Å². The van der Waals surface area contributed by atoms with E-state index in [-0.39, 0.29) is 18.1 Å². The van der Waals surface area contributed by atoms with Crippen molar-refractivity contribution in [2.75, 3.05) is 7.05 Å². The highest BCUT2D eigenvalue weighted by Gasteiger charge is 2.10. The monoisotopic (exact) mass is 258 g/mol. The van der Waals surface area contributed by atoms with Gasteiger partial charge in [0.1, 0.15) is 5.82 Å². The molecule has 1 aromatic heterocycles. The molecular formula is C15H15FN2O. The number of pyridine rings is 1. The van der Waals surface area contributed by atoms with Gasteiger partial charge in [0, 0.05) is 13.2 Å². The number of aromatic nitrogens is 1. The zero-order valence-electron chi connectivity index (χ0n) is 10.7. The Morgan fingerprint density at radius 3 is 2.79 bits per heavy atom. The number of likely N-dealkylation sites (N-methyl/N-ethyl adjacent to an activating group) is 1. The predicted molar refractivity (Wildman–Crippen MR) is 70.8 cm³/mol. The van der Waals surface area contributed by atoms with Gasteiger partial charge >= 0.3 is 0 Å². The van der Waals surface area contributed by atoms with E-state index in [2.05, 4.69) is 4.98 Å². The molecule has 0 saturated heterocycles. The standard InChI is InChI=1S/C15H15FN2O/c1-18(11-14-7-2-3-8-17-14)15(19)10-12-5-4-6-13(16)9-12/h2-9H,10-11H2,1H3. The topological polar surface area (TPSA) is 33.2 Å². The molecule has 0 spiro atoms. The molecule has 2 rings (SSSR count). The van der Waals surface area contributed by atoms with Gasteiger partial charge in [-0.1, -0.05) is 18.2 Å². The highest BCUT2D eigenvalue weighted by atomic mass is 19.1. The van der Waals surface area contributed by atoms with Crippen molar-refractivity contribution in [2.24, 2.45) is 0 Å². The molecule has 98 valence electrons. The molecule has 0 aliphatic carbocycles. The highest BCUT2D eigenvalue weighted by molar-refractivity contribution is 5.78. The van der Waals surface area contributed by atoms with Crippen LogP contribution in [0, 0.1) is 5.82 Å². The van der Waals surface area contributed by atoms with E-state index < -0.39 is 0 Å². The predicted octanol–water partition coefficient (Wildman–Crippen LogP) is 2.42. The van der Waals surface area contributed by atoms with Crippen LogP contribution in [0.2, 0.25) is 0 Å². The number of carbonyl (C=O) groups excluding carboxylic acids is 1. The third-order valence-electron chi connectivity index (χ3n) is 2.80. The number of carbonyl (C=O) groups is 1. The summed E-state index contributed by atoms with van der Waals surface area (Å²) in [7, 11) is 1.72. The fraction of sp³-hybridized carbons (Fsp3) is 0.200. The minimum atomic E-state index is -0.322. The van der Waals surface area contributed by atoms with E-state index in [1.807, 2.05) is 18.2 Å². The van der Waals surface area contributed by atoms with E-state index in [4.69, 9.17) is 0 Å². The second-order valence-corrected chi connectivity index (χ2v) is 4.38. The molecule has 4 heteroatoms. The first kappa shape index (κ1) is 13.2. The first-order chi connectivity index (χ1) is 9.15. The van der Waals surface area contributed by atoms with Gasteiger partial charge in [0.15, 0.2) is 0 Å². The van der Waals surface area contributed by atoms with Crippen molar-refractivity contribution < 1.29 is 9.18 Å². The van der Waals surface area contributed by atoms with Crippen molar-refractivity contribution in [3.05, 3.63) is 65.7 Å². The van der Waals surface area contributed by atoms with Crippen LogP contribution < -0.4 is 0 Å². The molecule has 0 fully saturated rings. The average molecular weight is 258 g/mol. The second kappa shape index (κ2) is 6.09. The molecule has 19 heavy (non-hydrogen) atoms. The van der Waals surface area contributed by atoms with Gasteiger partial charge in [-0.05, 0) is 29.8 Å². The highest BCUT2D eigenvalue weighted by Crippen LogP contribution is 2.07. The molecule has 3 nitrogen and oxygen atoms in total. The molecule has 0 atom stereocenters. The fourth-order valence-corrected chi connectivity index (χ4v) is 1.78. The lowest BCUT2D eigenvalue weighted by atomic mass is 10.1. The third-order valence-corrected chi connectivity index (χ3v) is 2.80. The Balaban J connectivity index is 1.96. The van der Waals surface area contributed by atoms with Crippen LogP contribution >= 0.6 is 0 Å². The van der Waals surface area contributed by atoms with E-state index in [1.165, 1.54) is 12.1 Å². The molecule has 1 amide bonds. The molecule has 0 N–H and O–H groups in total. The van der Waals surface area contributed by atoms with Gasteiger partial charge < -0.3 is 4.90 Å². The van der Waals surface area contributed by atoms with Gasteiger partial charge in [-0.2, -0.15) is 0 Å². The normalized spacial score (nSPS) is 10.2. The van der Waals surface area contributed by atoms with Crippen LogP contribution in [0.4, 0.5) is 4.39 Å². The fourth-order valence-electron chi connectivity index (χ4n) is 1.78. The molecule has 1 heterocycles. The van der Waals surface area contributed by atoms with Gasteiger partial charge in [0.2, 0.25) is 5.91 Å². The molecule has 0 radical (unpaired) electrons. The largest absolute Gasteiger partial charge is 0.340 e. The smallest absolute Gasteiger partial charge is 0.227 e. The van der Waals surface area contributed by atoms with Gasteiger partial charge in [-0.3, -0.25) is 9.78 Å². The zero-order valence-corrected chi connectivity index (χ0v) is 10.7. The van der Waals surface area contributed by atoms with E-state index >= 15 is 0 Å². The molecule has 2 aromatic rings. The maximum absolute atomic E-state index is 13.0. The number of halogens is 1. The van der Waals surface area contributed by atoms with Crippen molar-refractivity contribution >= 4 is 5.91 Å². The van der Waals surface area contributed by atoms with Crippen molar-refractivity contribution in [2.45, 2.75) is 13.0 Å². The molecule has 0 aliphatic rings. The Hall–Kier alpha value is -2.23. The summed E-state index contributed by atoms with van der Waals surface area (Å²) < 4.78 is 13.0. The minimum absolute atomic E-state index is 0.0590. The van der Waals surface area contributed by atoms with E-state index in [0.717, 1.165) is 5.69 Å². The third kappa shape index (κ3) is 3.88. The van der Waals surface area contributed by atoms with Crippen molar-refractivity contribution in [1.29, 1.82) is 0 Å².